The maximum atomic E-state index is 12.8. The summed E-state index contributed by atoms with van der Waals surface area (Å²) in [6, 6.07) is 8.97. The first-order valence-electron chi connectivity index (χ1n) is 7.22. The number of ether oxygens (including phenoxy) is 2. The van der Waals surface area contributed by atoms with Gasteiger partial charge in [0, 0.05) is 11.1 Å². The quantitative estimate of drug-likeness (QED) is 0.695. The number of hydrogen-bond acceptors (Lipinski definition) is 5. The predicted octanol–water partition coefficient (Wildman–Crippen LogP) is 3.26. The molecular formula is C17H16ClNO6S. The summed E-state index contributed by atoms with van der Waals surface area (Å²) in [5.41, 5.74) is 0.585. The zero-order valence-corrected chi connectivity index (χ0v) is 15.5. The van der Waals surface area contributed by atoms with Crippen molar-refractivity contribution in [3.05, 3.63) is 53.1 Å². The van der Waals surface area contributed by atoms with Gasteiger partial charge in [0.15, 0.2) is 11.5 Å². The van der Waals surface area contributed by atoms with E-state index in [4.69, 9.17) is 26.2 Å². The van der Waals surface area contributed by atoms with Gasteiger partial charge in [-0.3, -0.25) is 4.72 Å². The lowest BCUT2D eigenvalue weighted by Crippen LogP contribution is -2.14. The molecule has 0 atom stereocenters. The molecule has 7 nitrogen and oxygen atoms in total. The molecular weight excluding hydrogens is 382 g/mol. The summed E-state index contributed by atoms with van der Waals surface area (Å²) in [6.45, 7) is 0. The molecule has 0 saturated carbocycles. The van der Waals surface area contributed by atoms with Gasteiger partial charge in [-0.2, -0.15) is 0 Å². The second-order valence-corrected chi connectivity index (χ2v) is 7.13. The summed E-state index contributed by atoms with van der Waals surface area (Å²) in [7, 11) is -1.40. The second kappa shape index (κ2) is 8.11. The highest BCUT2D eigenvalue weighted by molar-refractivity contribution is 7.92. The minimum atomic E-state index is -4.06. The van der Waals surface area contributed by atoms with Crippen molar-refractivity contribution in [1.29, 1.82) is 0 Å². The number of benzene rings is 2. The molecule has 0 unspecified atom stereocenters. The highest BCUT2D eigenvalue weighted by Gasteiger charge is 2.24. The highest BCUT2D eigenvalue weighted by atomic mass is 35.5. The minimum absolute atomic E-state index is 0.00509. The van der Waals surface area contributed by atoms with Crippen molar-refractivity contribution in [2.24, 2.45) is 0 Å². The Bertz CT molecular complexity index is 956. The van der Waals surface area contributed by atoms with Crippen LogP contribution in [-0.4, -0.2) is 33.7 Å². The first kappa shape index (κ1) is 19.6. The summed E-state index contributed by atoms with van der Waals surface area (Å²) in [6.07, 6.45) is 2.14. The number of anilines is 1. The topological polar surface area (TPSA) is 102 Å². The molecule has 138 valence electrons. The van der Waals surface area contributed by atoms with Crippen LogP contribution in [0, 0.1) is 0 Å². The average molecular weight is 398 g/mol. The third kappa shape index (κ3) is 4.68. The van der Waals surface area contributed by atoms with E-state index in [0.29, 0.717) is 10.6 Å². The molecule has 26 heavy (non-hydrogen) atoms. The molecule has 0 fully saturated rings. The van der Waals surface area contributed by atoms with Crippen LogP contribution < -0.4 is 14.2 Å². The summed E-state index contributed by atoms with van der Waals surface area (Å²) in [5.74, 6) is -1.03. The smallest absolute Gasteiger partial charge is 0.328 e. The Morgan fingerprint density at radius 3 is 2.50 bits per heavy atom. The van der Waals surface area contributed by atoms with E-state index in [-0.39, 0.29) is 22.1 Å². The Balaban J connectivity index is 2.57. The molecule has 9 heteroatoms. The Morgan fingerprint density at radius 2 is 1.92 bits per heavy atom. The SMILES string of the molecule is COc1cc(/C=C/C(=O)O)cc(S(=O)(=O)Nc2cccc(Cl)c2)c1OC. The van der Waals surface area contributed by atoms with Crippen LogP contribution in [0.15, 0.2) is 47.4 Å². The van der Waals surface area contributed by atoms with Gasteiger partial charge in [0.05, 0.1) is 19.9 Å². The molecule has 0 aliphatic heterocycles. The minimum Gasteiger partial charge on any atom is -0.493 e. The number of nitrogens with one attached hydrogen (secondary N) is 1. The number of rotatable bonds is 7. The molecule has 0 radical (unpaired) electrons. The number of sulfonamides is 1. The third-order valence-electron chi connectivity index (χ3n) is 3.25. The van der Waals surface area contributed by atoms with Crippen molar-refractivity contribution in [1.82, 2.24) is 0 Å². The molecule has 0 aliphatic carbocycles. The highest BCUT2D eigenvalue weighted by Crippen LogP contribution is 2.37. The summed E-state index contributed by atoms with van der Waals surface area (Å²) >= 11 is 5.88. The fourth-order valence-corrected chi connectivity index (χ4v) is 3.63. The largest absolute Gasteiger partial charge is 0.493 e. The fraction of sp³-hybridized carbons (Fsp3) is 0.118. The summed E-state index contributed by atoms with van der Waals surface area (Å²) < 4.78 is 38.4. The van der Waals surface area contributed by atoms with Gasteiger partial charge in [0.2, 0.25) is 0 Å². The van der Waals surface area contributed by atoms with Gasteiger partial charge in [-0.15, -0.1) is 0 Å². The van der Waals surface area contributed by atoms with Crippen LogP contribution in [0.3, 0.4) is 0 Å². The van der Waals surface area contributed by atoms with Crippen molar-refractivity contribution >= 4 is 39.4 Å². The molecule has 0 saturated heterocycles. The summed E-state index contributed by atoms with van der Waals surface area (Å²) in [5, 5.41) is 9.13. The Kier molecular flexibility index (Phi) is 6.12. The van der Waals surface area contributed by atoms with E-state index in [1.54, 1.807) is 18.2 Å². The van der Waals surface area contributed by atoms with Crippen LogP contribution in [0.2, 0.25) is 5.02 Å². The Labute approximate surface area is 155 Å². The summed E-state index contributed by atoms with van der Waals surface area (Å²) in [4.78, 5) is 10.5. The van der Waals surface area contributed by atoms with Crippen LogP contribution >= 0.6 is 11.6 Å². The molecule has 2 aromatic carbocycles. The first-order valence-corrected chi connectivity index (χ1v) is 9.08. The van der Waals surface area contributed by atoms with Crippen LogP contribution in [0.5, 0.6) is 11.5 Å². The van der Waals surface area contributed by atoms with Crippen LogP contribution in [0.25, 0.3) is 6.08 Å². The van der Waals surface area contributed by atoms with Crippen molar-refractivity contribution in [3.63, 3.8) is 0 Å². The van der Waals surface area contributed by atoms with E-state index in [1.165, 1.54) is 38.5 Å². The zero-order valence-electron chi connectivity index (χ0n) is 13.9. The molecule has 2 N–H and O–H groups in total. The van der Waals surface area contributed by atoms with Gasteiger partial charge in [-0.05, 0) is 42.0 Å². The monoisotopic (exact) mass is 397 g/mol. The van der Waals surface area contributed by atoms with E-state index in [1.807, 2.05) is 0 Å². The Hall–Kier alpha value is -2.71. The molecule has 0 spiro atoms. The number of aliphatic carboxylic acids is 1. The lowest BCUT2D eigenvalue weighted by Gasteiger charge is -2.15. The van der Waals surface area contributed by atoms with Crippen molar-refractivity contribution in [3.8, 4) is 11.5 Å². The fourth-order valence-electron chi connectivity index (χ4n) is 2.18. The van der Waals surface area contributed by atoms with Gasteiger partial charge in [-0.25, -0.2) is 13.2 Å². The van der Waals surface area contributed by atoms with Crippen LogP contribution in [0.1, 0.15) is 5.56 Å². The van der Waals surface area contributed by atoms with E-state index in [9.17, 15) is 13.2 Å². The predicted molar refractivity (Wildman–Crippen MR) is 98.5 cm³/mol. The zero-order chi connectivity index (χ0) is 19.3. The molecule has 0 amide bonds. The van der Waals surface area contributed by atoms with Crippen molar-refractivity contribution < 1.29 is 27.8 Å². The van der Waals surface area contributed by atoms with Gasteiger partial charge >= 0.3 is 5.97 Å². The molecule has 2 rings (SSSR count). The van der Waals surface area contributed by atoms with E-state index >= 15 is 0 Å². The van der Waals surface area contributed by atoms with Crippen LogP contribution in [0.4, 0.5) is 5.69 Å². The van der Waals surface area contributed by atoms with E-state index in [2.05, 4.69) is 4.72 Å². The number of carbonyl (C=O) groups is 1. The molecule has 2 aromatic rings. The normalized spacial score (nSPS) is 11.3. The van der Waals surface area contributed by atoms with E-state index < -0.39 is 16.0 Å². The average Bonchev–Trinajstić information content (AvgIpc) is 2.58. The van der Waals surface area contributed by atoms with Gasteiger partial charge in [0.1, 0.15) is 4.90 Å². The van der Waals surface area contributed by atoms with Gasteiger partial charge in [0.25, 0.3) is 10.0 Å². The lowest BCUT2D eigenvalue weighted by molar-refractivity contribution is -0.131. The lowest BCUT2D eigenvalue weighted by atomic mass is 10.2. The standard InChI is InChI=1S/C17H16ClNO6S/c1-24-14-8-11(6-7-16(20)21)9-15(17(14)25-2)26(22,23)19-13-5-3-4-12(18)10-13/h3-10,19H,1-2H3,(H,20,21)/b7-6+. The number of methoxy groups -OCH3 is 2. The molecule has 0 aromatic heterocycles. The Morgan fingerprint density at radius 1 is 1.19 bits per heavy atom. The molecule has 0 bridgehead atoms. The number of carboxylic acid groups (broad SMARTS) is 1. The van der Waals surface area contributed by atoms with Gasteiger partial charge in [-0.1, -0.05) is 17.7 Å². The molecule has 0 heterocycles. The third-order valence-corrected chi connectivity index (χ3v) is 4.87. The second-order valence-electron chi connectivity index (χ2n) is 5.04. The van der Waals surface area contributed by atoms with Gasteiger partial charge < -0.3 is 14.6 Å². The van der Waals surface area contributed by atoms with Crippen molar-refractivity contribution in [2.45, 2.75) is 4.90 Å². The molecule has 0 aliphatic rings. The number of hydrogen-bond donors (Lipinski definition) is 2. The van der Waals surface area contributed by atoms with Crippen molar-refractivity contribution in [2.75, 3.05) is 18.9 Å². The maximum absolute atomic E-state index is 12.8. The van der Waals surface area contributed by atoms with E-state index in [0.717, 1.165) is 6.08 Å². The number of halogens is 1. The first-order chi connectivity index (χ1) is 12.3. The van der Waals surface area contributed by atoms with Crippen LogP contribution in [-0.2, 0) is 14.8 Å². The maximum Gasteiger partial charge on any atom is 0.328 e. The number of carboxylic acids is 1.